The van der Waals surface area contributed by atoms with Gasteiger partial charge in [-0.05, 0) is 42.9 Å². The highest BCUT2D eigenvalue weighted by molar-refractivity contribution is 5.84. The predicted molar refractivity (Wildman–Crippen MR) is 87.7 cm³/mol. The Labute approximate surface area is 127 Å². The summed E-state index contributed by atoms with van der Waals surface area (Å²) in [7, 11) is 1.77. The van der Waals surface area contributed by atoms with E-state index in [2.05, 4.69) is 41.2 Å². The molecule has 0 spiro atoms. The van der Waals surface area contributed by atoms with Crippen LogP contribution in [0.3, 0.4) is 0 Å². The highest BCUT2D eigenvalue weighted by Crippen LogP contribution is 2.25. The first-order valence-electron chi connectivity index (χ1n) is 8.14. The summed E-state index contributed by atoms with van der Waals surface area (Å²) >= 11 is 0. The second kappa shape index (κ2) is 6.63. The van der Waals surface area contributed by atoms with E-state index in [1.807, 2.05) is 0 Å². The Morgan fingerprint density at radius 3 is 2.90 bits per heavy atom. The fraction of sp³-hybridized carbons (Fsp3) is 0.556. The van der Waals surface area contributed by atoms with Gasteiger partial charge in [0.25, 0.3) is 0 Å². The van der Waals surface area contributed by atoms with E-state index >= 15 is 0 Å². The number of ether oxygens (including phenoxy) is 1. The summed E-state index contributed by atoms with van der Waals surface area (Å²) < 4.78 is 7.58. The topological polar surface area (TPSA) is 26.2 Å². The molecule has 0 bridgehead atoms. The fourth-order valence-corrected chi connectivity index (χ4v) is 2.92. The van der Waals surface area contributed by atoms with Gasteiger partial charge in [-0.3, -0.25) is 0 Å². The molecule has 1 aliphatic rings. The summed E-state index contributed by atoms with van der Waals surface area (Å²) in [5.41, 5.74) is 4.21. The van der Waals surface area contributed by atoms with Gasteiger partial charge in [-0.15, -0.1) is 0 Å². The maximum Gasteiger partial charge on any atom is 0.0486 e. The van der Waals surface area contributed by atoms with E-state index in [4.69, 9.17) is 4.74 Å². The first-order chi connectivity index (χ1) is 10.3. The number of nitrogens with zero attached hydrogens (tertiary/aromatic N) is 1. The Hall–Kier alpha value is -1.32. The highest BCUT2D eigenvalue weighted by Gasteiger charge is 2.20. The number of nitrogens with one attached hydrogen (secondary N) is 1. The molecule has 1 aromatic heterocycles. The van der Waals surface area contributed by atoms with Crippen LogP contribution in [0.1, 0.15) is 37.3 Å². The number of aryl methyl sites for hydroxylation is 2. The quantitative estimate of drug-likeness (QED) is 0.752. The Balaban J connectivity index is 1.82. The van der Waals surface area contributed by atoms with Gasteiger partial charge in [0, 0.05) is 49.9 Å². The molecule has 1 aromatic carbocycles. The second-order valence-corrected chi connectivity index (χ2v) is 6.05. The number of methoxy groups -OCH3 is 1. The van der Waals surface area contributed by atoms with Gasteiger partial charge in [0.05, 0.1) is 0 Å². The molecule has 1 N–H and O–H groups in total. The van der Waals surface area contributed by atoms with Crippen molar-refractivity contribution in [3.8, 4) is 0 Å². The lowest BCUT2D eigenvalue weighted by molar-refractivity contribution is 0.190. The van der Waals surface area contributed by atoms with Gasteiger partial charge >= 0.3 is 0 Å². The zero-order chi connectivity index (χ0) is 14.7. The molecule has 0 saturated heterocycles. The molecule has 1 heterocycles. The third-order valence-corrected chi connectivity index (χ3v) is 4.33. The first kappa shape index (κ1) is 14.6. The molecule has 3 nitrogen and oxygen atoms in total. The van der Waals surface area contributed by atoms with E-state index in [9.17, 15) is 0 Å². The van der Waals surface area contributed by atoms with E-state index < -0.39 is 0 Å². The van der Waals surface area contributed by atoms with Crippen LogP contribution in [-0.4, -0.2) is 24.3 Å². The van der Waals surface area contributed by atoms with Crippen molar-refractivity contribution < 1.29 is 4.74 Å². The zero-order valence-electron chi connectivity index (χ0n) is 13.2. The minimum absolute atomic E-state index is 0.764. The van der Waals surface area contributed by atoms with Crippen molar-refractivity contribution in [2.45, 2.75) is 51.7 Å². The Kier molecular flexibility index (Phi) is 4.61. The molecule has 21 heavy (non-hydrogen) atoms. The van der Waals surface area contributed by atoms with Crippen LogP contribution in [0.2, 0.25) is 0 Å². The van der Waals surface area contributed by atoms with Gasteiger partial charge in [-0.1, -0.05) is 19.1 Å². The second-order valence-electron chi connectivity index (χ2n) is 6.05. The molecule has 114 valence electrons. The van der Waals surface area contributed by atoms with Crippen molar-refractivity contribution in [2.24, 2.45) is 0 Å². The number of fused-ring (bicyclic) bond motifs is 1. The van der Waals surface area contributed by atoms with Crippen LogP contribution < -0.4 is 5.32 Å². The first-order valence-corrected chi connectivity index (χ1v) is 8.14. The summed E-state index contributed by atoms with van der Waals surface area (Å²) in [6.45, 7) is 5.08. The van der Waals surface area contributed by atoms with Crippen LogP contribution in [0.4, 0.5) is 0 Å². The highest BCUT2D eigenvalue weighted by atomic mass is 16.5. The van der Waals surface area contributed by atoms with E-state index in [1.165, 1.54) is 34.9 Å². The minimum Gasteiger partial charge on any atom is -0.385 e. The van der Waals surface area contributed by atoms with Crippen LogP contribution >= 0.6 is 0 Å². The van der Waals surface area contributed by atoms with Crippen molar-refractivity contribution in [2.75, 3.05) is 13.7 Å². The summed E-state index contributed by atoms with van der Waals surface area (Å²) in [5, 5.41) is 5.01. The smallest absolute Gasteiger partial charge is 0.0486 e. The molecule has 1 saturated carbocycles. The molecule has 0 amide bonds. The third-order valence-electron chi connectivity index (χ3n) is 4.33. The van der Waals surface area contributed by atoms with Crippen molar-refractivity contribution in [1.29, 1.82) is 0 Å². The van der Waals surface area contributed by atoms with Gasteiger partial charge in [-0.2, -0.15) is 0 Å². The standard InChI is InChI=1S/C18H26N2O/c1-3-15-13-20(9-4-10-21-2)18-11-14(5-8-17(15)18)12-19-16-6-7-16/h5,8,11,13,16,19H,3-4,6-7,9-10,12H2,1-2H3. The van der Waals surface area contributed by atoms with Crippen LogP contribution in [0.5, 0.6) is 0 Å². The monoisotopic (exact) mass is 286 g/mol. The lowest BCUT2D eigenvalue weighted by Crippen LogP contribution is -2.15. The van der Waals surface area contributed by atoms with Crippen LogP contribution in [0.25, 0.3) is 10.9 Å². The Bertz CT molecular complexity index is 599. The average Bonchev–Trinajstić information content (AvgIpc) is 3.27. The van der Waals surface area contributed by atoms with E-state index in [0.29, 0.717) is 0 Å². The normalized spacial score (nSPS) is 15.0. The Morgan fingerprint density at radius 2 is 2.19 bits per heavy atom. The largest absolute Gasteiger partial charge is 0.385 e. The van der Waals surface area contributed by atoms with E-state index in [1.54, 1.807) is 7.11 Å². The van der Waals surface area contributed by atoms with Crippen molar-refractivity contribution in [3.63, 3.8) is 0 Å². The summed E-state index contributed by atoms with van der Waals surface area (Å²) in [5.74, 6) is 0. The van der Waals surface area contributed by atoms with E-state index in [0.717, 1.165) is 38.6 Å². The molecule has 1 fully saturated rings. The maximum absolute atomic E-state index is 5.18. The molecule has 0 radical (unpaired) electrons. The molecular formula is C18H26N2O. The molecule has 0 unspecified atom stereocenters. The number of hydrogen-bond acceptors (Lipinski definition) is 2. The molecule has 3 rings (SSSR count). The number of benzene rings is 1. The fourth-order valence-electron chi connectivity index (χ4n) is 2.92. The van der Waals surface area contributed by atoms with E-state index in [-0.39, 0.29) is 0 Å². The number of aromatic nitrogens is 1. The SMILES string of the molecule is CCc1cn(CCCOC)c2cc(CNC3CC3)ccc12. The summed E-state index contributed by atoms with van der Waals surface area (Å²) in [6.07, 6.45) is 7.16. The maximum atomic E-state index is 5.18. The van der Waals surface area contributed by atoms with Crippen molar-refractivity contribution in [1.82, 2.24) is 9.88 Å². The number of hydrogen-bond donors (Lipinski definition) is 1. The molecule has 2 aromatic rings. The Morgan fingerprint density at radius 1 is 1.33 bits per heavy atom. The predicted octanol–water partition coefficient (Wildman–Crippen LogP) is 3.49. The summed E-state index contributed by atoms with van der Waals surface area (Å²) in [6, 6.07) is 7.69. The van der Waals surface area contributed by atoms with Gasteiger partial charge < -0.3 is 14.6 Å². The van der Waals surface area contributed by atoms with Gasteiger partial charge in [-0.25, -0.2) is 0 Å². The van der Waals surface area contributed by atoms with Gasteiger partial charge in [0.1, 0.15) is 0 Å². The summed E-state index contributed by atoms with van der Waals surface area (Å²) in [4.78, 5) is 0. The van der Waals surface area contributed by atoms with Crippen molar-refractivity contribution in [3.05, 3.63) is 35.5 Å². The molecular weight excluding hydrogens is 260 g/mol. The van der Waals surface area contributed by atoms with Crippen molar-refractivity contribution >= 4 is 10.9 Å². The van der Waals surface area contributed by atoms with Crippen LogP contribution in [0.15, 0.2) is 24.4 Å². The lowest BCUT2D eigenvalue weighted by atomic mass is 10.1. The van der Waals surface area contributed by atoms with Crippen LogP contribution in [0, 0.1) is 0 Å². The van der Waals surface area contributed by atoms with Gasteiger partial charge in [0.2, 0.25) is 0 Å². The molecule has 1 aliphatic carbocycles. The molecule has 0 aliphatic heterocycles. The zero-order valence-corrected chi connectivity index (χ0v) is 13.2. The lowest BCUT2D eigenvalue weighted by Gasteiger charge is -2.07. The van der Waals surface area contributed by atoms with Gasteiger partial charge in [0.15, 0.2) is 0 Å². The molecule has 0 atom stereocenters. The average molecular weight is 286 g/mol. The minimum atomic E-state index is 0.764. The number of rotatable bonds is 8. The molecule has 3 heteroatoms. The third kappa shape index (κ3) is 3.47. The van der Waals surface area contributed by atoms with Crippen LogP contribution in [-0.2, 0) is 24.2 Å².